The summed E-state index contributed by atoms with van der Waals surface area (Å²) in [5.74, 6) is -3.48. The van der Waals surface area contributed by atoms with Crippen LogP contribution in [-0.4, -0.2) is 36.5 Å². The monoisotopic (exact) mass is 421 g/mol. The summed E-state index contributed by atoms with van der Waals surface area (Å²) in [4.78, 5) is 11.8. The molecule has 0 aliphatic carbocycles. The second kappa shape index (κ2) is 8.82. The molecule has 3 rings (SSSR count). The summed E-state index contributed by atoms with van der Waals surface area (Å²) in [7, 11) is -4.70. The molecule has 1 heterocycles. The van der Waals surface area contributed by atoms with Gasteiger partial charge in [-0.1, -0.05) is 6.07 Å². The molecule has 0 radical (unpaired) electrons. The first-order valence-corrected chi connectivity index (χ1v) is 10.0. The highest BCUT2D eigenvalue weighted by atomic mass is 32.2. The smallest absolute Gasteiger partial charge is 0.341 e. The van der Waals surface area contributed by atoms with Gasteiger partial charge in [0.2, 0.25) is 9.84 Å². The van der Waals surface area contributed by atoms with Crippen molar-refractivity contribution in [1.29, 1.82) is 0 Å². The quantitative estimate of drug-likeness (QED) is 0.603. The first-order valence-electron chi connectivity index (χ1n) is 8.50. The van der Waals surface area contributed by atoms with Gasteiger partial charge in [-0.2, -0.15) is 13.9 Å². The fourth-order valence-corrected chi connectivity index (χ4v) is 3.18. The van der Waals surface area contributed by atoms with Gasteiger partial charge in [0.05, 0.1) is 11.4 Å². The van der Waals surface area contributed by atoms with E-state index in [0.29, 0.717) is 24.6 Å². The summed E-state index contributed by atoms with van der Waals surface area (Å²) >= 11 is 0. The number of ether oxygens (including phenoxy) is 1. The largest absolute Gasteiger partial charge is 0.492 e. The molecular formula is C19H17F2N3O4S. The van der Waals surface area contributed by atoms with Gasteiger partial charge in [-0.15, -0.1) is 0 Å². The Kier molecular flexibility index (Phi) is 6.23. The van der Waals surface area contributed by atoms with Crippen LogP contribution in [0.25, 0.3) is 0 Å². The molecule has 0 saturated heterocycles. The second-order valence-electron chi connectivity index (χ2n) is 5.93. The van der Waals surface area contributed by atoms with E-state index in [4.69, 9.17) is 4.74 Å². The number of hydrogen-bond donors (Lipinski definition) is 1. The molecule has 0 unspecified atom stereocenters. The first kappa shape index (κ1) is 20.5. The number of nitrogens with one attached hydrogen (secondary N) is 1. The van der Waals surface area contributed by atoms with Crippen LogP contribution in [0.1, 0.15) is 10.4 Å². The van der Waals surface area contributed by atoms with Gasteiger partial charge in [-0.25, -0.2) is 8.42 Å². The molecule has 0 atom stereocenters. The average molecular weight is 421 g/mol. The van der Waals surface area contributed by atoms with Crippen LogP contribution in [0.15, 0.2) is 71.9 Å². The summed E-state index contributed by atoms with van der Waals surface area (Å²) in [5.41, 5.74) is 0.596. The van der Waals surface area contributed by atoms with Crippen molar-refractivity contribution < 1.29 is 26.7 Å². The standard InChI is InChI=1S/C19H17F2N3O4S/c20-19(21)29(26,27)17-7-5-14(6-8-17)18(25)23-15-3-1-4-16(13-15)28-12-11-24-10-2-9-22-24/h1-10,13,19H,11-12H2,(H,23,25). The number of sulfone groups is 1. The average Bonchev–Trinajstić information content (AvgIpc) is 3.22. The molecule has 152 valence electrons. The van der Waals surface area contributed by atoms with E-state index in [-0.39, 0.29) is 5.56 Å². The van der Waals surface area contributed by atoms with E-state index < -0.39 is 26.4 Å². The molecule has 10 heteroatoms. The fraction of sp³-hybridized carbons (Fsp3) is 0.158. The number of aromatic nitrogens is 2. The van der Waals surface area contributed by atoms with Crippen LogP contribution in [0.2, 0.25) is 0 Å². The Morgan fingerprint density at radius 1 is 1.14 bits per heavy atom. The number of halogens is 2. The Balaban J connectivity index is 1.61. The van der Waals surface area contributed by atoms with E-state index in [9.17, 15) is 22.0 Å². The van der Waals surface area contributed by atoms with E-state index >= 15 is 0 Å². The van der Waals surface area contributed by atoms with Crippen molar-refractivity contribution in [3.8, 4) is 5.75 Å². The summed E-state index contributed by atoms with van der Waals surface area (Å²) in [6, 6.07) is 12.9. The summed E-state index contributed by atoms with van der Waals surface area (Å²) < 4.78 is 55.4. The minimum absolute atomic E-state index is 0.128. The zero-order valence-electron chi connectivity index (χ0n) is 15.0. The predicted octanol–water partition coefficient (Wildman–Crippen LogP) is 3.21. The maximum Gasteiger partial charge on any atom is 0.341 e. The maximum absolute atomic E-state index is 12.6. The number of rotatable bonds is 8. The van der Waals surface area contributed by atoms with Crippen LogP contribution in [0.5, 0.6) is 5.75 Å². The van der Waals surface area contributed by atoms with Gasteiger partial charge >= 0.3 is 5.76 Å². The Morgan fingerprint density at radius 3 is 2.55 bits per heavy atom. The number of alkyl halides is 2. The zero-order chi connectivity index (χ0) is 20.9. The fourth-order valence-electron chi connectivity index (χ4n) is 2.46. The van der Waals surface area contributed by atoms with Crippen molar-refractivity contribution in [3.63, 3.8) is 0 Å². The van der Waals surface area contributed by atoms with Crippen LogP contribution in [0.3, 0.4) is 0 Å². The third kappa shape index (κ3) is 5.17. The van der Waals surface area contributed by atoms with E-state index in [0.717, 1.165) is 12.1 Å². The van der Waals surface area contributed by atoms with Gasteiger partial charge in [-0.3, -0.25) is 9.48 Å². The summed E-state index contributed by atoms with van der Waals surface area (Å²) in [5, 5.41) is 6.72. The third-order valence-corrected chi connectivity index (χ3v) is 5.32. The molecule has 1 aromatic heterocycles. The highest BCUT2D eigenvalue weighted by molar-refractivity contribution is 7.91. The van der Waals surface area contributed by atoms with Crippen molar-refractivity contribution in [1.82, 2.24) is 9.78 Å². The molecular weight excluding hydrogens is 404 g/mol. The van der Waals surface area contributed by atoms with Gasteiger partial charge in [0.1, 0.15) is 12.4 Å². The summed E-state index contributed by atoms with van der Waals surface area (Å²) in [6.45, 7) is 0.955. The minimum Gasteiger partial charge on any atom is -0.492 e. The second-order valence-corrected chi connectivity index (χ2v) is 7.85. The Morgan fingerprint density at radius 2 is 1.90 bits per heavy atom. The SMILES string of the molecule is O=C(Nc1cccc(OCCn2cccn2)c1)c1ccc(S(=O)(=O)C(F)F)cc1. The van der Waals surface area contributed by atoms with E-state index in [1.165, 1.54) is 12.1 Å². The van der Waals surface area contributed by atoms with E-state index in [1.54, 1.807) is 35.1 Å². The minimum atomic E-state index is -4.70. The lowest BCUT2D eigenvalue weighted by Crippen LogP contribution is -2.14. The van der Waals surface area contributed by atoms with Gasteiger partial charge < -0.3 is 10.1 Å². The number of carbonyl (C=O) groups excluding carboxylic acids is 1. The third-order valence-electron chi connectivity index (χ3n) is 3.92. The molecule has 2 aromatic carbocycles. The molecule has 1 amide bonds. The molecule has 0 spiro atoms. The van der Waals surface area contributed by atoms with Crippen LogP contribution < -0.4 is 10.1 Å². The highest BCUT2D eigenvalue weighted by Gasteiger charge is 2.26. The lowest BCUT2D eigenvalue weighted by molar-refractivity contribution is 0.102. The zero-order valence-corrected chi connectivity index (χ0v) is 15.9. The number of anilines is 1. The van der Waals surface area contributed by atoms with Crippen molar-refractivity contribution in [2.24, 2.45) is 0 Å². The Bertz CT molecular complexity index is 1070. The van der Waals surface area contributed by atoms with E-state index in [2.05, 4.69) is 10.4 Å². The van der Waals surface area contributed by atoms with Crippen LogP contribution in [0, 0.1) is 0 Å². The van der Waals surface area contributed by atoms with Gasteiger partial charge in [0.25, 0.3) is 5.91 Å². The molecule has 0 aliphatic heterocycles. The van der Waals surface area contributed by atoms with Gasteiger partial charge in [0.15, 0.2) is 0 Å². The number of nitrogens with zero attached hydrogens (tertiary/aromatic N) is 2. The Labute approximate surface area is 165 Å². The molecule has 3 aromatic rings. The summed E-state index contributed by atoms with van der Waals surface area (Å²) in [6.07, 6.45) is 3.49. The molecule has 29 heavy (non-hydrogen) atoms. The topological polar surface area (TPSA) is 90.3 Å². The lowest BCUT2D eigenvalue weighted by atomic mass is 10.2. The molecule has 7 nitrogen and oxygen atoms in total. The van der Waals surface area contributed by atoms with Crippen LogP contribution in [-0.2, 0) is 16.4 Å². The number of benzene rings is 2. The van der Waals surface area contributed by atoms with Crippen LogP contribution >= 0.6 is 0 Å². The highest BCUT2D eigenvalue weighted by Crippen LogP contribution is 2.21. The lowest BCUT2D eigenvalue weighted by Gasteiger charge is -2.10. The normalized spacial score (nSPS) is 11.4. The molecule has 1 N–H and O–H groups in total. The van der Waals surface area contributed by atoms with Gasteiger partial charge in [-0.05, 0) is 42.5 Å². The first-order chi connectivity index (χ1) is 13.9. The van der Waals surface area contributed by atoms with Gasteiger partial charge in [0, 0.05) is 29.7 Å². The Hall–Kier alpha value is -3.27. The van der Waals surface area contributed by atoms with E-state index in [1.807, 2.05) is 12.3 Å². The number of amides is 1. The van der Waals surface area contributed by atoms with Crippen molar-refractivity contribution in [2.45, 2.75) is 17.2 Å². The molecule has 0 bridgehead atoms. The molecule has 0 saturated carbocycles. The molecule has 0 aliphatic rings. The van der Waals surface area contributed by atoms with Crippen LogP contribution in [0.4, 0.5) is 14.5 Å². The maximum atomic E-state index is 12.6. The number of hydrogen-bond acceptors (Lipinski definition) is 5. The predicted molar refractivity (Wildman–Crippen MR) is 102 cm³/mol. The van der Waals surface area contributed by atoms with Crippen molar-refractivity contribution >= 4 is 21.4 Å². The van der Waals surface area contributed by atoms with Crippen molar-refractivity contribution in [3.05, 3.63) is 72.6 Å². The van der Waals surface area contributed by atoms with Crippen molar-refractivity contribution in [2.75, 3.05) is 11.9 Å². The molecule has 0 fully saturated rings. The number of carbonyl (C=O) groups is 1.